The predicted octanol–water partition coefficient (Wildman–Crippen LogP) is 3.63. The molecule has 0 aliphatic carbocycles. The maximum absolute atomic E-state index is 10.8. The van der Waals surface area contributed by atoms with E-state index in [1.807, 2.05) is 72.8 Å². The van der Waals surface area contributed by atoms with Gasteiger partial charge in [-0.3, -0.25) is 0 Å². The van der Waals surface area contributed by atoms with Crippen LogP contribution in [0.3, 0.4) is 0 Å². The lowest BCUT2D eigenvalue weighted by atomic mass is 10.1. The molecule has 0 unspecified atom stereocenters. The van der Waals surface area contributed by atoms with E-state index in [-0.39, 0.29) is 0 Å². The van der Waals surface area contributed by atoms with Gasteiger partial charge in [-0.15, -0.1) is 0 Å². The summed E-state index contributed by atoms with van der Waals surface area (Å²) in [7, 11) is 0. The van der Waals surface area contributed by atoms with Crippen LogP contribution in [0.2, 0.25) is 0 Å². The van der Waals surface area contributed by atoms with Crippen LogP contribution in [0.4, 0.5) is 9.59 Å². The van der Waals surface area contributed by atoms with Gasteiger partial charge in [-0.25, -0.2) is 20.4 Å². The third kappa shape index (κ3) is 8.17. The molecule has 6 N–H and O–H groups in total. The zero-order valence-corrected chi connectivity index (χ0v) is 20.0. The smallest absolute Gasteiger partial charge is 0.332 e. The van der Waals surface area contributed by atoms with Gasteiger partial charge in [0.2, 0.25) is 0 Å². The Balaban J connectivity index is 1.47. The van der Waals surface area contributed by atoms with Crippen molar-refractivity contribution in [2.24, 2.45) is 21.7 Å². The lowest BCUT2D eigenvalue weighted by molar-refractivity contribution is 0.248. The van der Waals surface area contributed by atoms with Crippen molar-refractivity contribution in [3.63, 3.8) is 0 Å². The minimum Gasteiger partial charge on any atom is -0.489 e. The van der Waals surface area contributed by atoms with Crippen molar-refractivity contribution in [3.8, 4) is 11.5 Å². The zero-order chi connectivity index (χ0) is 25.9. The van der Waals surface area contributed by atoms with E-state index in [0.29, 0.717) is 24.6 Å². The number of carbonyl (C=O) groups excluding carboxylic acids is 2. The number of hydrazone groups is 2. The molecule has 0 aromatic heterocycles. The van der Waals surface area contributed by atoms with Crippen molar-refractivity contribution in [2.45, 2.75) is 27.1 Å². The first-order chi connectivity index (χ1) is 17.3. The number of benzene rings is 3. The van der Waals surface area contributed by atoms with E-state index in [1.54, 1.807) is 13.8 Å². The molecule has 3 aromatic rings. The highest BCUT2D eigenvalue weighted by Crippen LogP contribution is 2.17. The van der Waals surface area contributed by atoms with Crippen LogP contribution >= 0.6 is 0 Å². The summed E-state index contributed by atoms with van der Waals surface area (Å²) in [6, 6.07) is 21.4. The number of rotatable bonds is 10. The van der Waals surface area contributed by atoms with Gasteiger partial charge in [0.1, 0.15) is 24.7 Å². The van der Waals surface area contributed by atoms with Gasteiger partial charge in [0.05, 0.1) is 11.4 Å². The average molecular weight is 489 g/mol. The number of ether oxygens (including phenoxy) is 2. The predicted molar refractivity (Wildman–Crippen MR) is 138 cm³/mol. The Morgan fingerprint density at radius 1 is 0.639 bits per heavy atom. The Bertz CT molecular complexity index is 1140. The molecule has 10 nitrogen and oxygen atoms in total. The van der Waals surface area contributed by atoms with E-state index in [1.165, 1.54) is 0 Å². The summed E-state index contributed by atoms with van der Waals surface area (Å²) in [5, 5.41) is 7.80. The number of hydrogen-bond acceptors (Lipinski definition) is 6. The van der Waals surface area contributed by atoms with Crippen molar-refractivity contribution in [2.75, 3.05) is 0 Å². The number of nitrogens with one attached hydrogen (secondary N) is 2. The van der Waals surface area contributed by atoms with Crippen molar-refractivity contribution in [1.82, 2.24) is 10.9 Å². The third-order valence-corrected chi connectivity index (χ3v) is 5.05. The molecule has 36 heavy (non-hydrogen) atoms. The summed E-state index contributed by atoms with van der Waals surface area (Å²) in [5.41, 5.74) is 19.5. The molecular formula is C26H28N6O4. The van der Waals surface area contributed by atoms with Gasteiger partial charge < -0.3 is 20.9 Å². The Morgan fingerprint density at radius 3 is 1.28 bits per heavy atom. The van der Waals surface area contributed by atoms with Crippen LogP contribution < -0.4 is 31.8 Å². The van der Waals surface area contributed by atoms with Crippen LogP contribution in [0.5, 0.6) is 11.5 Å². The second kappa shape index (κ2) is 12.6. The van der Waals surface area contributed by atoms with Crippen molar-refractivity contribution >= 4 is 23.5 Å². The van der Waals surface area contributed by atoms with Crippen LogP contribution in [0, 0.1) is 0 Å². The van der Waals surface area contributed by atoms with Crippen molar-refractivity contribution in [1.29, 1.82) is 0 Å². The molecule has 0 heterocycles. The van der Waals surface area contributed by atoms with Crippen LogP contribution in [-0.4, -0.2) is 23.5 Å². The highest BCUT2D eigenvalue weighted by Gasteiger charge is 2.03. The van der Waals surface area contributed by atoms with Gasteiger partial charge in [-0.2, -0.15) is 10.2 Å². The summed E-state index contributed by atoms with van der Waals surface area (Å²) < 4.78 is 11.7. The van der Waals surface area contributed by atoms with E-state index >= 15 is 0 Å². The quantitative estimate of drug-likeness (QED) is 0.254. The fourth-order valence-corrected chi connectivity index (χ4v) is 3.06. The van der Waals surface area contributed by atoms with Crippen LogP contribution in [0.1, 0.15) is 36.1 Å². The number of carbonyl (C=O) groups is 2. The molecule has 0 aliphatic heterocycles. The number of nitrogens with two attached hydrogens (primary N) is 2. The number of urea groups is 2. The van der Waals surface area contributed by atoms with Gasteiger partial charge in [0.15, 0.2) is 0 Å². The number of amides is 4. The van der Waals surface area contributed by atoms with Gasteiger partial charge >= 0.3 is 12.1 Å². The molecule has 0 aliphatic rings. The SMILES string of the molecule is C/C(=N\NC(N)=O)c1ccc(OCc2ccc(COc3ccc(/C(C)=N/NC(N)=O)cc3)cc2)cc1. The second-order valence-corrected chi connectivity index (χ2v) is 7.79. The lowest BCUT2D eigenvalue weighted by Crippen LogP contribution is -2.25. The maximum Gasteiger partial charge on any atom is 0.332 e. The van der Waals surface area contributed by atoms with Gasteiger partial charge in [0, 0.05) is 0 Å². The first-order valence-electron chi connectivity index (χ1n) is 11.0. The second-order valence-electron chi connectivity index (χ2n) is 7.79. The summed E-state index contributed by atoms with van der Waals surface area (Å²) in [4.78, 5) is 21.5. The van der Waals surface area contributed by atoms with Crippen molar-refractivity contribution < 1.29 is 19.1 Å². The molecule has 186 valence electrons. The number of primary amides is 2. The van der Waals surface area contributed by atoms with Crippen molar-refractivity contribution in [3.05, 3.63) is 95.1 Å². The topological polar surface area (TPSA) is 153 Å². The molecule has 0 spiro atoms. The average Bonchev–Trinajstić information content (AvgIpc) is 2.89. The molecule has 0 bridgehead atoms. The Hall–Kier alpha value is -4.86. The monoisotopic (exact) mass is 488 g/mol. The zero-order valence-electron chi connectivity index (χ0n) is 20.0. The molecule has 0 radical (unpaired) electrons. The number of hydrogen-bond donors (Lipinski definition) is 4. The highest BCUT2D eigenvalue weighted by atomic mass is 16.5. The Labute approximate surface area is 209 Å². The highest BCUT2D eigenvalue weighted by molar-refractivity contribution is 5.99. The Kier molecular flexibility index (Phi) is 8.99. The molecule has 0 fully saturated rings. The van der Waals surface area contributed by atoms with E-state index < -0.39 is 12.1 Å². The van der Waals surface area contributed by atoms with E-state index in [2.05, 4.69) is 21.1 Å². The lowest BCUT2D eigenvalue weighted by Gasteiger charge is -2.10. The first-order valence-corrected chi connectivity index (χ1v) is 11.0. The molecule has 0 atom stereocenters. The van der Waals surface area contributed by atoms with Gasteiger partial charge in [-0.05, 0) is 84.6 Å². The standard InChI is InChI=1S/C26H28N6O4/c1-17(29-31-25(27)33)21-7-11-23(12-8-21)35-15-19-3-5-20(6-4-19)16-36-24-13-9-22(10-14-24)18(2)30-32-26(28)34/h3-14H,15-16H2,1-2H3,(H3,27,31,33)(H3,28,32,34)/b29-17+,30-18+. The Morgan fingerprint density at radius 2 is 0.972 bits per heavy atom. The normalized spacial score (nSPS) is 11.5. The summed E-state index contributed by atoms with van der Waals surface area (Å²) in [6.45, 7) is 4.39. The molecule has 0 saturated carbocycles. The number of nitrogens with zero attached hydrogens (tertiary/aromatic N) is 2. The molecule has 3 aromatic carbocycles. The summed E-state index contributed by atoms with van der Waals surface area (Å²) in [6.07, 6.45) is 0. The third-order valence-electron chi connectivity index (χ3n) is 5.05. The first kappa shape index (κ1) is 25.8. The molecule has 3 rings (SSSR count). The maximum atomic E-state index is 10.8. The largest absolute Gasteiger partial charge is 0.489 e. The molecule has 4 amide bonds. The minimum absolute atomic E-state index is 0.420. The van der Waals surface area contributed by atoms with E-state index in [4.69, 9.17) is 20.9 Å². The molecule has 0 saturated heterocycles. The van der Waals surface area contributed by atoms with Gasteiger partial charge in [-0.1, -0.05) is 24.3 Å². The fourth-order valence-electron chi connectivity index (χ4n) is 3.06. The van der Waals surface area contributed by atoms with Crippen LogP contribution in [0.15, 0.2) is 83.0 Å². The summed E-state index contributed by atoms with van der Waals surface area (Å²) >= 11 is 0. The fraction of sp³-hybridized carbons (Fsp3) is 0.154. The van der Waals surface area contributed by atoms with Crippen LogP contribution in [-0.2, 0) is 13.2 Å². The minimum atomic E-state index is -0.709. The van der Waals surface area contributed by atoms with Gasteiger partial charge in [0.25, 0.3) is 0 Å². The van der Waals surface area contributed by atoms with E-state index in [9.17, 15) is 9.59 Å². The molecular weight excluding hydrogens is 460 g/mol. The summed E-state index contributed by atoms with van der Waals surface area (Å²) in [5.74, 6) is 1.44. The van der Waals surface area contributed by atoms with E-state index in [0.717, 1.165) is 33.8 Å². The molecule has 10 heteroatoms. The van der Waals surface area contributed by atoms with Crippen LogP contribution in [0.25, 0.3) is 0 Å².